The Bertz CT molecular complexity index is 579. The molecule has 1 nitrogen and oxygen atoms in total. The first-order valence-electron chi connectivity index (χ1n) is 5.29. The zero-order valence-corrected chi connectivity index (χ0v) is 13.0. The fourth-order valence-electron chi connectivity index (χ4n) is 1.60. The Morgan fingerprint density at radius 2 is 1.72 bits per heavy atom. The van der Waals surface area contributed by atoms with Gasteiger partial charge in [-0.2, -0.15) is 0 Å². The lowest BCUT2D eigenvalue weighted by molar-refractivity contribution is 0.0993. The highest BCUT2D eigenvalue weighted by Crippen LogP contribution is 2.26. The highest BCUT2D eigenvalue weighted by Gasteiger charge is 2.11. The number of ketones is 1. The molecule has 0 spiro atoms. The highest BCUT2D eigenvalue weighted by atomic mass is 127. The first-order valence-corrected chi connectivity index (χ1v) is 7.13. The van der Waals surface area contributed by atoms with E-state index in [0.717, 1.165) is 9.13 Å². The summed E-state index contributed by atoms with van der Waals surface area (Å²) in [4.78, 5) is 12.1. The number of benzene rings is 2. The van der Waals surface area contributed by atoms with E-state index in [1.165, 1.54) is 0 Å². The Balaban J connectivity index is 2.21. The third-order valence-electron chi connectivity index (χ3n) is 2.55. The molecule has 4 heteroatoms. The molecular formula is C14H9Cl2IO. The highest BCUT2D eigenvalue weighted by molar-refractivity contribution is 14.1. The van der Waals surface area contributed by atoms with Gasteiger partial charge < -0.3 is 0 Å². The summed E-state index contributed by atoms with van der Waals surface area (Å²) < 4.78 is 1.10. The molecule has 0 amide bonds. The van der Waals surface area contributed by atoms with Crippen molar-refractivity contribution in [1.82, 2.24) is 0 Å². The minimum absolute atomic E-state index is 0.0376. The van der Waals surface area contributed by atoms with Crippen molar-refractivity contribution >= 4 is 51.6 Å². The molecule has 0 radical (unpaired) electrons. The van der Waals surface area contributed by atoms with Crippen LogP contribution in [0.3, 0.4) is 0 Å². The van der Waals surface area contributed by atoms with E-state index >= 15 is 0 Å². The summed E-state index contributed by atoms with van der Waals surface area (Å²) in [7, 11) is 0. The largest absolute Gasteiger partial charge is 0.294 e. The Morgan fingerprint density at radius 1 is 1.06 bits per heavy atom. The third-order valence-corrected chi connectivity index (χ3v) is 4.13. The van der Waals surface area contributed by atoms with Gasteiger partial charge in [0, 0.05) is 15.6 Å². The molecule has 0 aliphatic heterocycles. The predicted molar refractivity (Wildman–Crippen MR) is 83.7 cm³/mol. The second-order valence-corrected chi connectivity index (χ2v) is 5.85. The van der Waals surface area contributed by atoms with Crippen LogP contribution in [0.25, 0.3) is 0 Å². The number of halogens is 3. The third kappa shape index (κ3) is 3.25. The van der Waals surface area contributed by atoms with E-state index in [2.05, 4.69) is 22.6 Å². The van der Waals surface area contributed by atoms with Gasteiger partial charge in [0.2, 0.25) is 0 Å². The standard InChI is InChI=1S/C14H9Cl2IO/c15-12-3-1-2-10(14(12)16)8-13(18)9-4-6-11(17)7-5-9/h1-7H,8H2. The number of carbonyl (C=O) groups is 1. The van der Waals surface area contributed by atoms with Gasteiger partial charge in [0.1, 0.15) is 0 Å². The van der Waals surface area contributed by atoms with Crippen molar-refractivity contribution < 1.29 is 4.79 Å². The molecule has 0 fully saturated rings. The van der Waals surface area contributed by atoms with Gasteiger partial charge in [-0.25, -0.2) is 0 Å². The Labute approximate surface area is 129 Å². The van der Waals surface area contributed by atoms with Gasteiger partial charge in [-0.3, -0.25) is 4.79 Å². The van der Waals surface area contributed by atoms with Crippen LogP contribution in [-0.4, -0.2) is 5.78 Å². The van der Waals surface area contributed by atoms with Crippen molar-refractivity contribution in [3.8, 4) is 0 Å². The summed E-state index contributed by atoms with van der Waals surface area (Å²) in [6, 6.07) is 12.8. The van der Waals surface area contributed by atoms with Crippen molar-refractivity contribution in [2.75, 3.05) is 0 Å². The normalized spacial score (nSPS) is 10.4. The molecule has 0 aliphatic rings. The molecule has 0 unspecified atom stereocenters. The monoisotopic (exact) mass is 390 g/mol. The summed E-state index contributed by atoms with van der Waals surface area (Å²) in [6.45, 7) is 0. The smallest absolute Gasteiger partial charge is 0.167 e. The number of hydrogen-bond acceptors (Lipinski definition) is 1. The number of carbonyl (C=O) groups excluding carboxylic acids is 1. The first kappa shape index (κ1) is 13.8. The quantitative estimate of drug-likeness (QED) is 0.531. The van der Waals surface area contributed by atoms with Crippen LogP contribution >= 0.6 is 45.8 Å². The number of Topliss-reactive ketones (excluding diaryl/α,β-unsaturated/α-hetero) is 1. The topological polar surface area (TPSA) is 17.1 Å². The number of rotatable bonds is 3. The molecule has 0 heterocycles. The molecule has 0 saturated carbocycles. The average molecular weight is 391 g/mol. The van der Waals surface area contributed by atoms with E-state index in [9.17, 15) is 4.79 Å². The molecular weight excluding hydrogens is 382 g/mol. The Hall–Kier alpha value is -0.580. The maximum atomic E-state index is 12.1. The summed E-state index contributed by atoms with van der Waals surface area (Å²) in [5.74, 6) is 0.0376. The van der Waals surface area contributed by atoms with Crippen molar-refractivity contribution in [1.29, 1.82) is 0 Å². The molecule has 0 saturated heterocycles. The molecule has 2 aromatic rings. The molecule has 2 rings (SSSR count). The van der Waals surface area contributed by atoms with Crippen LogP contribution in [0, 0.1) is 3.57 Å². The van der Waals surface area contributed by atoms with Crippen LogP contribution in [0.1, 0.15) is 15.9 Å². The lowest BCUT2D eigenvalue weighted by Gasteiger charge is -2.05. The lowest BCUT2D eigenvalue weighted by atomic mass is 10.0. The van der Waals surface area contributed by atoms with Gasteiger partial charge in [0.15, 0.2) is 5.78 Å². The molecule has 0 aromatic heterocycles. The SMILES string of the molecule is O=C(Cc1cccc(Cl)c1Cl)c1ccc(I)cc1. The zero-order chi connectivity index (χ0) is 13.1. The first-order chi connectivity index (χ1) is 8.58. The van der Waals surface area contributed by atoms with Gasteiger partial charge in [-0.15, -0.1) is 0 Å². The van der Waals surface area contributed by atoms with Crippen LogP contribution in [0.4, 0.5) is 0 Å². The minimum atomic E-state index is 0.0376. The van der Waals surface area contributed by atoms with Crippen LogP contribution < -0.4 is 0 Å². The Morgan fingerprint density at radius 3 is 2.39 bits per heavy atom. The molecule has 0 bridgehead atoms. The number of hydrogen-bond donors (Lipinski definition) is 0. The van der Waals surface area contributed by atoms with E-state index < -0.39 is 0 Å². The summed E-state index contributed by atoms with van der Waals surface area (Å²) in [6.07, 6.45) is 0.264. The van der Waals surface area contributed by atoms with Gasteiger partial charge in [0.25, 0.3) is 0 Å². The van der Waals surface area contributed by atoms with Gasteiger partial charge in [0.05, 0.1) is 10.0 Å². The fraction of sp³-hybridized carbons (Fsp3) is 0.0714. The van der Waals surface area contributed by atoms with Crippen LogP contribution in [0.5, 0.6) is 0 Å². The lowest BCUT2D eigenvalue weighted by Crippen LogP contribution is -2.04. The fourth-order valence-corrected chi connectivity index (χ4v) is 2.34. The second-order valence-electron chi connectivity index (χ2n) is 3.82. The van der Waals surface area contributed by atoms with Gasteiger partial charge in [-0.05, 0) is 46.4 Å². The van der Waals surface area contributed by atoms with E-state index in [0.29, 0.717) is 15.6 Å². The van der Waals surface area contributed by atoms with Crippen molar-refractivity contribution in [2.24, 2.45) is 0 Å². The van der Waals surface area contributed by atoms with Gasteiger partial charge >= 0.3 is 0 Å². The second kappa shape index (κ2) is 6.04. The molecule has 2 aromatic carbocycles. The molecule has 0 aliphatic carbocycles. The predicted octanol–water partition coefficient (Wildman–Crippen LogP) is 5.02. The van der Waals surface area contributed by atoms with Crippen LogP contribution in [0.15, 0.2) is 42.5 Å². The van der Waals surface area contributed by atoms with E-state index in [4.69, 9.17) is 23.2 Å². The minimum Gasteiger partial charge on any atom is -0.294 e. The maximum absolute atomic E-state index is 12.1. The van der Waals surface area contributed by atoms with Crippen molar-refractivity contribution in [3.05, 3.63) is 67.2 Å². The maximum Gasteiger partial charge on any atom is 0.167 e. The van der Waals surface area contributed by atoms with Gasteiger partial charge in [-0.1, -0.05) is 47.5 Å². The van der Waals surface area contributed by atoms with E-state index in [1.54, 1.807) is 12.1 Å². The Kier molecular flexibility index (Phi) is 4.65. The molecule has 18 heavy (non-hydrogen) atoms. The molecule has 92 valence electrons. The van der Waals surface area contributed by atoms with E-state index in [-0.39, 0.29) is 12.2 Å². The average Bonchev–Trinajstić information content (AvgIpc) is 2.36. The van der Waals surface area contributed by atoms with Crippen molar-refractivity contribution in [2.45, 2.75) is 6.42 Å². The summed E-state index contributed by atoms with van der Waals surface area (Å²) in [5, 5.41) is 0.933. The molecule has 0 N–H and O–H groups in total. The zero-order valence-electron chi connectivity index (χ0n) is 9.29. The summed E-state index contributed by atoms with van der Waals surface area (Å²) in [5.41, 5.74) is 1.44. The molecule has 0 atom stereocenters. The van der Waals surface area contributed by atoms with Crippen LogP contribution in [0.2, 0.25) is 10.0 Å². The van der Waals surface area contributed by atoms with Crippen LogP contribution in [-0.2, 0) is 6.42 Å². The van der Waals surface area contributed by atoms with Crippen molar-refractivity contribution in [3.63, 3.8) is 0 Å². The summed E-state index contributed by atoms with van der Waals surface area (Å²) >= 11 is 14.2. The van der Waals surface area contributed by atoms with E-state index in [1.807, 2.05) is 30.3 Å².